The van der Waals surface area contributed by atoms with Crippen LogP contribution >= 0.6 is 0 Å². The third-order valence-electron chi connectivity index (χ3n) is 2.18. The number of likely N-dealkylation sites (tertiary alicyclic amines) is 1. The number of hydrogen-bond donors (Lipinski definition) is 1. The first-order chi connectivity index (χ1) is 6.24. The first-order valence-corrected chi connectivity index (χ1v) is 4.43. The molecule has 0 aromatic carbocycles. The maximum atomic E-state index is 9.27. The molecule has 5 heteroatoms. The van der Waals surface area contributed by atoms with Gasteiger partial charge in [-0.2, -0.15) is 4.98 Å². The second-order valence-electron chi connectivity index (χ2n) is 3.41. The van der Waals surface area contributed by atoms with E-state index in [4.69, 9.17) is 4.52 Å². The lowest BCUT2D eigenvalue weighted by atomic mass is 10.3. The molecule has 2 rings (SSSR count). The van der Waals surface area contributed by atoms with Crippen LogP contribution in [0.3, 0.4) is 0 Å². The van der Waals surface area contributed by atoms with Gasteiger partial charge in [-0.3, -0.25) is 4.90 Å². The van der Waals surface area contributed by atoms with Crippen molar-refractivity contribution in [3.63, 3.8) is 0 Å². The molecule has 1 aliphatic rings. The van der Waals surface area contributed by atoms with Crippen LogP contribution in [0, 0.1) is 6.92 Å². The Balaban J connectivity index is 1.91. The molecule has 1 atom stereocenters. The Hall–Kier alpha value is -0.940. The molecule has 1 aromatic rings. The van der Waals surface area contributed by atoms with Crippen molar-refractivity contribution >= 4 is 0 Å². The van der Waals surface area contributed by atoms with E-state index in [1.807, 2.05) is 0 Å². The second-order valence-corrected chi connectivity index (χ2v) is 3.41. The van der Waals surface area contributed by atoms with Crippen molar-refractivity contribution in [2.75, 3.05) is 13.1 Å². The predicted octanol–water partition coefficient (Wildman–Crippen LogP) is -0.0554. The number of aliphatic hydroxyl groups is 1. The molecule has 1 fully saturated rings. The molecule has 5 nitrogen and oxygen atoms in total. The molecule has 0 aliphatic carbocycles. The fourth-order valence-corrected chi connectivity index (χ4v) is 1.55. The fourth-order valence-electron chi connectivity index (χ4n) is 1.55. The van der Waals surface area contributed by atoms with E-state index >= 15 is 0 Å². The van der Waals surface area contributed by atoms with Crippen molar-refractivity contribution in [1.82, 2.24) is 15.0 Å². The summed E-state index contributed by atoms with van der Waals surface area (Å²) < 4.78 is 4.98. The molecule has 0 radical (unpaired) electrons. The monoisotopic (exact) mass is 183 g/mol. The molecular weight excluding hydrogens is 170 g/mol. The zero-order valence-electron chi connectivity index (χ0n) is 7.60. The van der Waals surface area contributed by atoms with Crippen molar-refractivity contribution in [2.45, 2.75) is 26.0 Å². The van der Waals surface area contributed by atoms with E-state index in [0.717, 1.165) is 13.0 Å². The molecular formula is C8H13N3O2. The first-order valence-electron chi connectivity index (χ1n) is 4.43. The average molecular weight is 183 g/mol. The predicted molar refractivity (Wildman–Crippen MR) is 44.9 cm³/mol. The highest BCUT2D eigenvalue weighted by Crippen LogP contribution is 2.11. The van der Waals surface area contributed by atoms with Gasteiger partial charge in [-0.25, -0.2) is 0 Å². The summed E-state index contributed by atoms with van der Waals surface area (Å²) in [6.07, 6.45) is 0.650. The standard InChI is InChI=1S/C8H13N3O2/c1-6-9-8(13-10-6)5-11-3-2-7(12)4-11/h7,12H,2-5H2,1H3/t7-/m0/s1. The minimum atomic E-state index is -0.191. The molecule has 0 unspecified atom stereocenters. The van der Waals surface area contributed by atoms with Crippen LogP contribution in [0.2, 0.25) is 0 Å². The summed E-state index contributed by atoms with van der Waals surface area (Å²) in [6.45, 7) is 4.06. The highest BCUT2D eigenvalue weighted by Gasteiger charge is 2.21. The number of β-amino-alcohol motifs (C(OH)–C–C–N with tert-alkyl or cyclic N) is 1. The van der Waals surface area contributed by atoms with Gasteiger partial charge in [0.1, 0.15) is 0 Å². The van der Waals surface area contributed by atoms with Crippen LogP contribution in [-0.4, -0.2) is 39.3 Å². The average Bonchev–Trinajstić information content (AvgIpc) is 2.62. The summed E-state index contributed by atoms with van der Waals surface area (Å²) in [6, 6.07) is 0. The molecule has 1 N–H and O–H groups in total. The molecule has 1 aromatic heterocycles. The van der Waals surface area contributed by atoms with Crippen molar-refractivity contribution in [3.05, 3.63) is 11.7 Å². The van der Waals surface area contributed by atoms with Gasteiger partial charge in [-0.15, -0.1) is 0 Å². The Bertz CT molecular complexity index is 287. The fraction of sp³-hybridized carbons (Fsp3) is 0.750. The van der Waals surface area contributed by atoms with Crippen molar-refractivity contribution in [2.24, 2.45) is 0 Å². The van der Waals surface area contributed by atoms with E-state index in [1.165, 1.54) is 0 Å². The lowest BCUT2D eigenvalue weighted by molar-refractivity contribution is 0.169. The lowest BCUT2D eigenvalue weighted by Gasteiger charge is -2.10. The number of aromatic nitrogens is 2. The van der Waals surface area contributed by atoms with Crippen LogP contribution in [0.1, 0.15) is 18.1 Å². The zero-order valence-corrected chi connectivity index (χ0v) is 7.60. The van der Waals surface area contributed by atoms with E-state index < -0.39 is 0 Å². The first kappa shape index (κ1) is 8.65. The van der Waals surface area contributed by atoms with Crippen LogP contribution in [0.4, 0.5) is 0 Å². The van der Waals surface area contributed by atoms with Crippen molar-refractivity contribution in [1.29, 1.82) is 0 Å². The Morgan fingerprint density at radius 1 is 1.69 bits per heavy atom. The normalized spacial score (nSPS) is 24.0. The Kier molecular flexibility index (Phi) is 2.28. The summed E-state index contributed by atoms with van der Waals surface area (Å²) in [5, 5.41) is 13.0. The smallest absolute Gasteiger partial charge is 0.240 e. The SMILES string of the molecule is Cc1noc(CN2CC[C@H](O)C2)n1. The van der Waals surface area contributed by atoms with Gasteiger partial charge in [-0.05, 0) is 13.3 Å². The Morgan fingerprint density at radius 3 is 3.08 bits per heavy atom. The van der Waals surface area contributed by atoms with Crippen LogP contribution in [0.25, 0.3) is 0 Å². The maximum absolute atomic E-state index is 9.27. The number of rotatable bonds is 2. The zero-order chi connectivity index (χ0) is 9.26. The van der Waals surface area contributed by atoms with Crippen molar-refractivity contribution in [3.8, 4) is 0 Å². The quantitative estimate of drug-likeness (QED) is 0.696. The van der Waals surface area contributed by atoms with E-state index in [2.05, 4.69) is 15.0 Å². The van der Waals surface area contributed by atoms with E-state index in [9.17, 15) is 5.11 Å². The topological polar surface area (TPSA) is 62.4 Å². The van der Waals surface area contributed by atoms with Crippen LogP contribution in [0.15, 0.2) is 4.52 Å². The number of nitrogens with zero attached hydrogens (tertiary/aromatic N) is 3. The molecule has 2 heterocycles. The lowest BCUT2D eigenvalue weighted by Crippen LogP contribution is -2.21. The van der Waals surface area contributed by atoms with E-state index in [1.54, 1.807) is 6.92 Å². The minimum absolute atomic E-state index is 0.191. The summed E-state index contributed by atoms with van der Waals surface area (Å²) in [5.41, 5.74) is 0. The Labute approximate surface area is 76.4 Å². The van der Waals surface area contributed by atoms with Crippen LogP contribution in [-0.2, 0) is 6.54 Å². The third kappa shape index (κ3) is 2.05. The van der Waals surface area contributed by atoms with Gasteiger partial charge in [0.15, 0.2) is 5.82 Å². The highest BCUT2D eigenvalue weighted by atomic mass is 16.5. The van der Waals surface area contributed by atoms with E-state index in [-0.39, 0.29) is 6.10 Å². The van der Waals surface area contributed by atoms with E-state index in [0.29, 0.717) is 24.8 Å². The van der Waals surface area contributed by atoms with Crippen molar-refractivity contribution < 1.29 is 9.63 Å². The maximum Gasteiger partial charge on any atom is 0.240 e. The van der Waals surface area contributed by atoms with Gasteiger partial charge < -0.3 is 9.63 Å². The van der Waals surface area contributed by atoms with Crippen LogP contribution < -0.4 is 0 Å². The van der Waals surface area contributed by atoms with Gasteiger partial charge in [0.05, 0.1) is 12.6 Å². The number of aryl methyl sites for hydroxylation is 1. The Morgan fingerprint density at radius 2 is 2.54 bits per heavy atom. The molecule has 13 heavy (non-hydrogen) atoms. The van der Waals surface area contributed by atoms with Gasteiger partial charge in [0.25, 0.3) is 0 Å². The summed E-state index contributed by atoms with van der Waals surface area (Å²) >= 11 is 0. The number of aliphatic hydroxyl groups excluding tert-OH is 1. The highest BCUT2D eigenvalue weighted by molar-refractivity contribution is 4.85. The molecule has 0 spiro atoms. The molecule has 0 bridgehead atoms. The van der Waals surface area contributed by atoms with Crippen LogP contribution in [0.5, 0.6) is 0 Å². The third-order valence-corrected chi connectivity index (χ3v) is 2.18. The van der Waals surface area contributed by atoms with Gasteiger partial charge in [0.2, 0.25) is 5.89 Å². The summed E-state index contributed by atoms with van der Waals surface area (Å²) in [7, 11) is 0. The summed E-state index contributed by atoms with van der Waals surface area (Å²) in [5.74, 6) is 1.29. The van der Waals surface area contributed by atoms with Gasteiger partial charge in [-0.1, -0.05) is 5.16 Å². The molecule has 1 aliphatic heterocycles. The minimum Gasteiger partial charge on any atom is -0.392 e. The second kappa shape index (κ2) is 3.43. The molecule has 0 amide bonds. The largest absolute Gasteiger partial charge is 0.392 e. The molecule has 0 saturated carbocycles. The van der Waals surface area contributed by atoms with Gasteiger partial charge >= 0.3 is 0 Å². The summed E-state index contributed by atoms with van der Waals surface area (Å²) in [4.78, 5) is 6.21. The number of hydrogen-bond acceptors (Lipinski definition) is 5. The van der Waals surface area contributed by atoms with Gasteiger partial charge in [0, 0.05) is 13.1 Å². The molecule has 72 valence electrons. The molecule has 1 saturated heterocycles.